The molecule has 0 aromatic heterocycles. The van der Waals surface area contributed by atoms with Crippen LogP contribution < -0.4 is 4.74 Å². The lowest BCUT2D eigenvalue weighted by atomic mass is 9.99. The first kappa shape index (κ1) is 12.9. The van der Waals surface area contributed by atoms with Crippen molar-refractivity contribution >= 4 is 0 Å². The summed E-state index contributed by atoms with van der Waals surface area (Å²) in [5.41, 5.74) is 1.22. The number of hydrogen-bond acceptors (Lipinski definition) is 3. The quantitative estimate of drug-likeness (QED) is 0.817. The van der Waals surface area contributed by atoms with E-state index < -0.39 is 0 Å². The van der Waals surface area contributed by atoms with E-state index in [4.69, 9.17) is 10.00 Å². The molecule has 1 fully saturated rings. The monoisotopic (exact) mass is 244 g/mol. The third kappa shape index (κ3) is 3.75. The number of likely N-dealkylation sites (tertiary alicyclic amines) is 1. The summed E-state index contributed by atoms with van der Waals surface area (Å²) in [4.78, 5) is 2.38. The summed E-state index contributed by atoms with van der Waals surface area (Å²) in [5.74, 6) is 1.21. The SMILES string of the molecule is Cc1cccc(OCCN2CCC(C#N)CC2)c1. The van der Waals surface area contributed by atoms with Gasteiger partial charge in [-0.25, -0.2) is 0 Å². The minimum absolute atomic E-state index is 0.263. The van der Waals surface area contributed by atoms with Gasteiger partial charge in [0.05, 0.1) is 6.07 Å². The molecule has 0 atom stereocenters. The number of nitrogens with zero attached hydrogens (tertiary/aromatic N) is 2. The van der Waals surface area contributed by atoms with E-state index in [0.717, 1.165) is 44.8 Å². The number of hydrogen-bond donors (Lipinski definition) is 0. The van der Waals surface area contributed by atoms with Gasteiger partial charge in [0.15, 0.2) is 0 Å². The van der Waals surface area contributed by atoms with Crippen LogP contribution in [-0.4, -0.2) is 31.1 Å². The minimum atomic E-state index is 0.263. The highest BCUT2D eigenvalue weighted by atomic mass is 16.5. The Hall–Kier alpha value is -1.53. The van der Waals surface area contributed by atoms with Gasteiger partial charge in [-0.2, -0.15) is 5.26 Å². The summed E-state index contributed by atoms with van der Waals surface area (Å²) >= 11 is 0. The lowest BCUT2D eigenvalue weighted by molar-refractivity contribution is 0.169. The second kappa shape index (κ2) is 6.42. The first-order valence-electron chi connectivity index (χ1n) is 6.59. The van der Waals surface area contributed by atoms with Crippen molar-refractivity contribution in [2.75, 3.05) is 26.2 Å². The molecule has 0 amide bonds. The average Bonchev–Trinajstić information content (AvgIpc) is 2.40. The summed E-state index contributed by atoms with van der Waals surface area (Å²) in [5, 5.41) is 8.83. The fraction of sp³-hybridized carbons (Fsp3) is 0.533. The van der Waals surface area contributed by atoms with Crippen molar-refractivity contribution in [1.29, 1.82) is 5.26 Å². The molecule has 0 saturated carbocycles. The maximum Gasteiger partial charge on any atom is 0.119 e. The van der Waals surface area contributed by atoms with Crippen LogP contribution in [0.2, 0.25) is 0 Å². The number of benzene rings is 1. The Morgan fingerprint density at radius 2 is 2.17 bits per heavy atom. The molecule has 3 heteroatoms. The number of nitriles is 1. The molecule has 18 heavy (non-hydrogen) atoms. The molecule has 1 aromatic carbocycles. The second-order valence-corrected chi connectivity index (χ2v) is 4.91. The highest BCUT2D eigenvalue weighted by Gasteiger charge is 2.18. The van der Waals surface area contributed by atoms with Gasteiger partial charge in [0.2, 0.25) is 0 Å². The molecule has 1 aliphatic heterocycles. The van der Waals surface area contributed by atoms with E-state index in [0.29, 0.717) is 0 Å². The predicted octanol–water partition coefficient (Wildman–Crippen LogP) is 2.61. The summed E-state index contributed by atoms with van der Waals surface area (Å²) < 4.78 is 5.74. The first-order chi connectivity index (χ1) is 8.78. The van der Waals surface area contributed by atoms with Crippen molar-refractivity contribution in [3.8, 4) is 11.8 Å². The second-order valence-electron chi connectivity index (χ2n) is 4.91. The van der Waals surface area contributed by atoms with Crippen LogP contribution in [0.5, 0.6) is 5.75 Å². The highest BCUT2D eigenvalue weighted by molar-refractivity contribution is 5.27. The van der Waals surface area contributed by atoms with Gasteiger partial charge in [0.1, 0.15) is 12.4 Å². The molecule has 1 heterocycles. The van der Waals surface area contributed by atoms with E-state index in [-0.39, 0.29) is 5.92 Å². The number of rotatable bonds is 4. The molecule has 96 valence electrons. The Morgan fingerprint density at radius 1 is 1.39 bits per heavy atom. The van der Waals surface area contributed by atoms with Crippen LogP contribution in [0.15, 0.2) is 24.3 Å². The van der Waals surface area contributed by atoms with Crippen LogP contribution in [0.1, 0.15) is 18.4 Å². The Kier molecular flexibility index (Phi) is 4.60. The zero-order valence-corrected chi connectivity index (χ0v) is 10.9. The number of ether oxygens (including phenoxy) is 1. The Balaban J connectivity index is 1.69. The topological polar surface area (TPSA) is 36.3 Å². The zero-order valence-electron chi connectivity index (χ0n) is 10.9. The molecule has 1 aromatic rings. The van der Waals surface area contributed by atoms with Crippen LogP contribution in [0.4, 0.5) is 0 Å². The van der Waals surface area contributed by atoms with Crippen LogP contribution in [0, 0.1) is 24.2 Å². The normalized spacial score (nSPS) is 17.3. The van der Waals surface area contributed by atoms with Crippen LogP contribution in [-0.2, 0) is 0 Å². The number of aryl methyl sites for hydroxylation is 1. The molecule has 0 radical (unpaired) electrons. The molecular weight excluding hydrogens is 224 g/mol. The Labute approximate surface area is 109 Å². The Bertz CT molecular complexity index is 417. The summed E-state index contributed by atoms with van der Waals surface area (Å²) in [6, 6.07) is 10.5. The maximum atomic E-state index is 8.83. The van der Waals surface area contributed by atoms with Crippen LogP contribution in [0.25, 0.3) is 0 Å². The van der Waals surface area contributed by atoms with Crippen molar-refractivity contribution in [2.45, 2.75) is 19.8 Å². The molecular formula is C15H20N2O. The largest absolute Gasteiger partial charge is 0.492 e. The third-order valence-electron chi connectivity index (χ3n) is 3.44. The average molecular weight is 244 g/mol. The van der Waals surface area contributed by atoms with Crippen molar-refractivity contribution < 1.29 is 4.74 Å². The summed E-state index contributed by atoms with van der Waals surface area (Å²) in [6.45, 7) is 5.79. The van der Waals surface area contributed by atoms with Crippen LogP contribution in [0.3, 0.4) is 0 Å². The predicted molar refractivity (Wildman–Crippen MR) is 71.5 cm³/mol. The zero-order chi connectivity index (χ0) is 12.8. The minimum Gasteiger partial charge on any atom is -0.492 e. The highest BCUT2D eigenvalue weighted by Crippen LogP contribution is 2.16. The van der Waals surface area contributed by atoms with Crippen LogP contribution >= 0.6 is 0 Å². The maximum absolute atomic E-state index is 8.83. The van der Waals surface area contributed by atoms with Gasteiger partial charge in [0, 0.05) is 12.5 Å². The molecule has 0 N–H and O–H groups in total. The van der Waals surface area contributed by atoms with Gasteiger partial charge in [-0.05, 0) is 50.6 Å². The lowest BCUT2D eigenvalue weighted by Gasteiger charge is -2.28. The van der Waals surface area contributed by atoms with Gasteiger partial charge >= 0.3 is 0 Å². The molecule has 0 unspecified atom stereocenters. The third-order valence-corrected chi connectivity index (χ3v) is 3.44. The van der Waals surface area contributed by atoms with E-state index in [9.17, 15) is 0 Å². The Morgan fingerprint density at radius 3 is 2.83 bits per heavy atom. The van der Waals surface area contributed by atoms with E-state index >= 15 is 0 Å². The first-order valence-corrected chi connectivity index (χ1v) is 6.59. The van der Waals surface area contributed by atoms with Gasteiger partial charge in [-0.3, -0.25) is 4.90 Å². The standard InChI is InChI=1S/C15H20N2O/c1-13-3-2-4-15(11-13)18-10-9-17-7-5-14(12-16)6-8-17/h2-4,11,14H,5-10H2,1H3. The molecule has 2 rings (SSSR count). The molecule has 1 saturated heterocycles. The van der Waals surface area contributed by atoms with Gasteiger partial charge in [0.25, 0.3) is 0 Å². The van der Waals surface area contributed by atoms with E-state index in [1.54, 1.807) is 0 Å². The van der Waals surface area contributed by atoms with Gasteiger partial charge in [-0.1, -0.05) is 12.1 Å². The molecule has 3 nitrogen and oxygen atoms in total. The molecule has 1 aliphatic rings. The smallest absolute Gasteiger partial charge is 0.119 e. The van der Waals surface area contributed by atoms with Crippen molar-refractivity contribution in [1.82, 2.24) is 4.90 Å². The van der Waals surface area contributed by atoms with Gasteiger partial charge < -0.3 is 4.74 Å². The van der Waals surface area contributed by atoms with Crippen molar-refractivity contribution in [2.24, 2.45) is 5.92 Å². The number of piperidine rings is 1. The summed E-state index contributed by atoms with van der Waals surface area (Å²) in [6.07, 6.45) is 2.00. The molecule has 0 spiro atoms. The summed E-state index contributed by atoms with van der Waals surface area (Å²) in [7, 11) is 0. The lowest BCUT2D eigenvalue weighted by Crippen LogP contribution is -2.36. The van der Waals surface area contributed by atoms with E-state index in [2.05, 4.69) is 30.0 Å². The van der Waals surface area contributed by atoms with Gasteiger partial charge in [-0.15, -0.1) is 0 Å². The molecule has 0 aliphatic carbocycles. The molecule has 0 bridgehead atoms. The van der Waals surface area contributed by atoms with E-state index in [1.807, 2.05) is 12.1 Å². The fourth-order valence-corrected chi connectivity index (χ4v) is 2.28. The fourth-order valence-electron chi connectivity index (χ4n) is 2.28. The van der Waals surface area contributed by atoms with Crippen molar-refractivity contribution in [3.63, 3.8) is 0 Å². The van der Waals surface area contributed by atoms with Crippen molar-refractivity contribution in [3.05, 3.63) is 29.8 Å². The van der Waals surface area contributed by atoms with E-state index in [1.165, 1.54) is 5.56 Å².